The molecule has 1 unspecified atom stereocenters. The third kappa shape index (κ3) is 3.60. The summed E-state index contributed by atoms with van der Waals surface area (Å²) in [6.07, 6.45) is 6.62. The average Bonchev–Trinajstić information content (AvgIpc) is 3.10. The van der Waals surface area contributed by atoms with E-state index in [2.05, 4.69) is 20.2 Å². The molecule has 1 fully saturated rings. The fourth-order valence-electron chi connectivity index (χ4n) is 4.24. The van der Waals surface area contributed by atoms with Crippen LogP contribution >= 0.6 is 0 Å². The molecule has 0 bridgehead atoms. The quantitative estimate of drug-likeness (QED) is 0.643. The van der Waals surface area contributed by atoms with Crippen LogP contribution in [0.2, 0.25) is 0 Å². The van der Waals surface area contributed by atoms with E-state index >= 15 is 0 Å². The van der Waals surface area contributed by atoms with Gasteiger partial charge in [-0.2, -0.15) is 0 Å². The third-order valence-corrected chi connectivity index (χ3v) is 5.83. The summed E-state index contributed by atoms with van der Waals surface area (Å²) in [4.78, 5) is 50.1. The van der Waals surface area contributed by atoms with E-state index in [1.807, 2.05) is 0 Å². The molecular weight excluding hydrogens is 406 g/mol. The van der Waals surface area contributed by atoms with Crippen molar-refractivity contribution in [2.24, 2.45) is 5.92 Å². The maximum Gasteiger partial charge on any atom is 0.266 e. The first-order valence-corrected chi connectivity index (χ1v) is 10.5. The molecule has 3 aromatic rings. The number of aromatic nitrogens is 2. The van der Waals surface area contributed by atoms with E-state index in [-0.39, 0.29) is 23.6 Å². The van der Waals surface area contributed by atoms with E-state index in [0.717, 1.165) is 30.1 Å². The normalized spacial score (nSPS) is 17.9. The maximum atomic E-state index is 13.0. The van der Waals surface area contributed by atoms with Crippen LogP contribution in [0.3, 0.4) is 0 Å². The molecule has 8 nitrogen and oxygen atoms in total. The smallest absolute Gasteiger partial charge is 0.266 e. The molecule has 1 N–H and O–H groups in total. The number of amides is 3. The van der Waals surface area contributed by atoms with Crippen molar-refractivity contribution >= 4 is 34.9 Å². The van der Waals surface area contributed by atoms with Crippen LogP contribution in [0.4, 0.5) is 17.2 Å². The summed E-state index contributed by atoms with van der Waals surface area (Å²) in [6, 6.07) is 13.6. The van der Waals surface area contributed by atoms with E-state index in [1.54, 1.807) is 67.1 Å². The molecule has 0 aliphatic carbocycles. The highest BCUT2D eigenvalue weighted by molar-refractivity contribution is 6.34. The number of hydrogen-bond acceptors (Lipinski definition) is 6. The highest BCUT2D eigenvalue weighted by atomic mass is 16.2. The first kappa shape index (κ1) is 19.9. The second-order valence-electron chi connectivity index (χ2n) is 7.88. The van der Waals surface area contributed by atoms with Crippen LogP contribution in [-0.2, 0) is 4.79 Å². The van der Waals surface area contributed by atoms with Crippen molar-refractivity contribution in [3.63, 3.8) is 0 Å². The number of rotatable bonds is 4. The molecule has 8 heteroatoms. The second-order valence-corrected chi connectivity index (χ2v) is 7.88. The molecule has 32 heavy (non-hydrogen) atoms. The van der Waals surface area contributed by atoms with Crippen LogP contribution in [0.25, 0.3) is 0 Å². The van der Waals surface area contributed by atoms with E-state index in [1.165, 1.54) is 0 Å². The minimum absolute atomic E-state index is 0.0990. The van der Waals surface area contributed by atoms with Crippen LogP contribution in [0.15, 0.2) is 67.1 Å². The van der Waals surface area contributed by atoms with Gasteiger partial charge in [0.05, 0.1) is 28.9 Å². The Bertz CT molecular complexity index is 1160. The zero-order chi connectivity index (χ0) is 22.1. The third-order valence-electron chi connectivity index (χ3n) is 5.83. The van der Waals surface area contributed by atoms with E-state index in [0.29, 0.717) is 29.0 Å². The lowest BCUT2D eigenvalue weighted by Gasteiger charge is -2.32. The van der Waals surface area contributed by atoms with Gasteiger partial charge in [0.2, 0.25) is 5.91 Å². The molecule has 2 aliphatic heterocycles. The van der Waals surface area contributed by atoms with Crippen LogP contribution in [0, 0.1) is 5.92 Å². The molecule has 1 atom stereocenters. The predicted molar refractivity (Wildman–Crippen MR) is 120 cm³/mol. The predicted octanol–water partition coefficient (Wildman–Crippen LogP) is 3.13. The van der Waals surface area contributed by atoms with Crippen molar-refractivity contribution in [2.75, 3.05) is 28.2 Å². The zero-order valence-corrected chi connectivity index (χ0v) is 17.3. The molecule has 5 rings (SSSR count). The zero-order valence-electron chi connectivity index (χ0n) is 17.3. The van der Waals surface area contributed by atoms with Gasteiger partial charge in [0, 0.05) is 31.2 Å². The minimum atomic E-state index is -0.360. The number of anilines is 3. The van der Waals surface area contributed by atoms with Gasteiger partial charge in [0.25, 0.3) is 11.8 Å². The Labute approximate surface area is 184 Å². The minimum Gasteiger partial charge on any atom is -0.355 e. The Morgan fingerprint density at radius 2 is 1.78 bits per heavy atom. The van der Waals surface area contributed by atoms with Crippen LogP contribution in [0.1, 0.15) is 33.6 Å². The number of carbonyl (C=O) groups is 3. The van der Waals surface area contributed by atoms with Crippen molar-refractivity contribution < 1.29 is 14.4 Å². The number of piperidine rings is 1. The lowest BCUT2D eigenvalue weighted by Crippen LogP contribution is -2.41. The van der Waals surface area contributed by atoms with E-state index in [9.17, 15) is 14.4 Å². The van der Waals surface area contributed by atoms with Crippen LogP contribution < -0.4 is 15.1 Å². The van der Waals surface area contributed by atoms with Gasteiger partial charge < -0.3 is 10.2 Å². The Kier molecular flexibility index (Phi) is 5.10. The molecule has 2 aliphatic rings. The van der Waals surface area contributed by atoms with Gasteiger partial charge >= 0.3 is 0 Å². The average molecular weight is 427 g/mol. The highest BCUT2D eigenvalue weighted by Gasteiger charge is 2.36. The van der Waals surface area contributed by atoms with Crippen LogP contribution in [-0.4, -0.2) is 40.8 Å². The standard InChI is InChI=1S/C24H21N5O3/c30-22(16-5-4-12-28(15-16)21-14-25-10-11-26-21)27-17-6-3-7-18(13-17)29-23(31)19-8-1-2-9-20(19)24(29)32/h1-3,6-11,13-14,16H,4-5,12,15H2,(H,27,30). The molecule has 1 saturated heterocycles. The first-order chi connectivity index (χ1) is 15.6. The topological polar surface area (TPSA) is 95.5 Å². The number of imide groups is 1. The fraction of sp³-hybridized carbons (Fsp3) is 0.208. The Balaban J connectivity index is 1.31. The molecule has 1 aromatic heterocycles. The van der Waals surface area contributed by atoms with Gasteiger partial charge in [0.15, 0.2) is 0 Å². The van der Waals surface area contributed by atoms with Crippen LogP contribution in [0.5, 0.6) is 0 Å². The number of hydrogen-bond donors (Lipinski definition) is 1. The number of carbonyl (C=O) groups excluding carboxylic acids is 3. The molecule has 0 spiro atoms. The number of benzene rings is 2. The highest BCUT2D eigenvalue weighted by Crippen LogP contribution is 2.30. The summed E-state index contributed by atoms with van der Waals surface area (Å²) in [5, 5.41) is 2.95. The SMILES string of the molecule is O=C(Nc1cccc(N2C(=O)c3ccccc3C2=O)c1)C1CCCN(c2cnccn2)C1. The Morgan fingerprint density at radius 1 is 1.00 bits per heavy atom. The second kappa shape index (κ2) is 8.22. The van der Waals surface area contributed by atoms with Crippen molar-refractivity contribution in [2.45, 2.75) is 12.8 Å². The van der Waals surface area contributed by atoms with E-state index in [4.69, 9.17) is 0 Å². The fourth-order valence-corrected chi connectivity index (χ4v) is 4.24. The monoisotopic (exact) mass is 427 g/mol. The van der Waals surface area contributed by atoms with Gasteiger partial charge in [-0.3, -0.25) is 19.4 Å². The maximum absolute atomic E-state index is 13.0. The molecule has 3 heterocycles. The molecule has 2 aromatic carbocycles. The summed E-state index contributed by atoms with van der Waals surface area (Å²) >= 11 is 0. The van der Waals surface area contributed by atoms with Crippen molar-refractivity contribution in [3.05, 3.63) is 78.2 Å². The molecule has 160 valence electrons. The van der Waals surface area contributed by atoms with Gasteiger partial charge in [-0.25, -0.2) is 9.88 Å². The van der Waals surface area contributed by atoms with Crippen molar-refractivity contribution in [1.82, 2.24) is 9.97 Å². The van der Waals surface area contributed by atoms with Gasteiger partial charge in [-0.15, -0.1) is 0 Å². The molecule has 3 amide bonds. The van der Waals surface area contributed by atoms with Crippen molar-refractivity contribution in [1.29, 1.82) is 0 Å². The van der Waals surface area contributed by atoms with Gasteiger partial charge in [-0.05, 0) is 43.2 Å². The Hall–Kier alpha value is -4.07. The lowest BCUT2D eigenvalue weighted by molar-refractivity contribution is -0.120. The van der Waals surface area contributed by atoms with E-state index < -0.39 is 0 Å². The number of nitrogens with one attached hydrogen (secondary N) is 1. The Morgan fingerprint density at radius 3 is 2.50 bits per heavy atom. The summed E-state index contributed by atoms with van der Waals surface area (Å²) in [5.74, 6) is -0.258. The number of nitrogens with zero attached hydrogens (tertiary/aromatic N) is 4. The first-order valence-electron chi connectivity index (χ1n) is 10.5. The lowest BCUT2D eigenvalue weighted by atomic mass is 9.97. The summed E-state index contributed by atoms with van der Waals surface area (Å²) in [7, 11) is 0. The summed E-state index contributed by atoms with van der Waals surface area (Å²) in [6.45, 7) is 1.39. The van der Waals surface area contributed by atoms with Gasteiger partial charge in [0.1, 0.15) is 5.82 Å². The largest absolute Gasteiger partial charge is 0.355 e. The summed E-state index contributed by atoms with van der Waals surface area (Å²) in [5.41, 5.74) is 1.75. The molecule has 0 radical (unpaired) electrons. The molecule has 0 saturated carbocycles. The van der Waals surface area contributed by atoms with Crippen molar-refractivity contribution in [3.8, 4) is 0 Å². The van der Waals surface area contributed by atoms with Gasteiger partial charge in [-0.1, -0.05) is 18.2 Å². The molecular formula is C24H21N5O3. The summed E-state index contributed by atoms with van der Waals surface area (Å²) < 4.78 is 0. The number of fused-ring (bicyclic) bond motifs is 1.